The van der Waals surface area contributed by atoms with E-state index in [2.05, 4.69) is 34.3 Å². The van der Waals surface area contributed by atoms with Crippen LogP contribution in [0.25, 0.3) is 0 Å². The summed E-state index contributed by atoms with van der Waals surface area (Å²) >= 11 is 0. The molecule has 3 heterocycles. The zero-order valence-corrected chi connectivity index (χ0v) is 14.8. The SMILES string of the molecule is CC(C)c1nccn1Cc1cc(C(=O)N2CCC(=O)NCC2C)n[nH]1. The number of amides is 2. The van der Waals surface area contributed by atoms with E-state index in [0.29, 0.717) is 37.7 Å². The van der Waals surface area contributed by atoms with E-state index in [9.17, 15) is 9.59 Å². The normalized spacial score (nSPS) is 18.3. The first-order valence-corrected chi connectivity index (χ1v) is 8.58. The first-order valence-electron chi connectivity index (χ1n) is 8.58. The second-order valence-electron chi connectivity index (χ2n) is 6.75. The van der Waals surface area contributed by atoms with Crippen molar-refractivity contribution < 1.29 is 9.59 Å². The molecule has 3 rings (SSSR count). The Kier molecular flexibility index (Phi) is 4.87. The molecule has 1 fully saturated rings. The van der Waals surface area contributed by atoms with Crippen LogP contribution in [-0.4, -0.2) is 55.6 Å². The molecule has 0 aliphatic carbocycles. The van der Waals surface area contributed by atoms with Crippen LogP contribution in [0, 0.1) is 0 Å². The van der Waals surface area contributed by atoms with Gasteiger partial charge in [0.1, 0.15) is 11.5 Å². The van der Waals surface area contributed by atoms with Crippen LogP contribution in [0.15, 0.2) is 18.5 Å². The minimum Gasteiger partial charge on any atom is -0.354 e. The number of hydrogen-bond donors (Lipinski definition) is 2. The van der Waals surface area contributed by atoms with E-state index in [1.165, 1.54) is 0 Å². The Morgan fingerprint density at radius 2 is 2.24 bits per heavy atom. The van der Waals surface area contributed by atoms with Gasteiger partial charge in [0.15, 0.2) is 0 Å². The minimum absolute atomic E-state index is 0.0220. The average molecular weight is 344 g/mol. The fourth-order valence-electron chi connectivity index (χ4n) is 3.04. The Morgan fingerprint density at radius 3 is 3.00 bits per heavy atom. The summed E-state index contributed by atoms with van der Waals surface area (Å²) < 4.78 is 2.05. The minimum atomic E-state index is -0.152. The Morgan fingerprint density at radius 1 is 1.44 bits per heavy atom. The smallest absolute Gasteiger partial charge is 0.274 e. The maximum atomic E-state index is 12.7. The van der Waals surface area contributed by atoms with Crippen LogP contribution in [0.2, 0.25) is 0 Å². The van der Waals surface area contributed by atoms with E-state index in [1.807, 2.05) is 17.7 Å². The van der Waals surface area contributed by atoms with Crippen LogP contribution in [0.1, 0.15) is 55.1 Å². The molecule has 0 saturated carbocycles. The van der Waals surface area contributed by atoms with Gasteiger partial charge < -0.3 is 14.8 Å². The van der Waals surface area contributed by atoms with E-state index in [-0.39, 0.29) is 17.9 Å². The Hall–Kier alpha value is -2.64. The van der Waals surface area contributed by atoms with E-state index in [4.69, 9.17) is 0 Å². The van der Waals surface area contributed by atoms with Gasteiger partial charge in [-0.25, -0.2) is 4.98 Å². The summed E-state index contributed by atoms with van der Waals surface area (Å²) in [6.45, 7) is 7.58. The summed E-state index contributed by atoms with van der Waals surface area (Å²) in [5, 5.41) is 9.93. The quantitative estimate of drug-likeness (QED) is 0.869. The fraction of sp³-hybridized carbons (Fsp3) is 0.529. The summed E-state index contributed by atoms with van der Waals surface area (Å²) in [6.07, 6.45) is 4.02. The highest BCUT2D eigenvalue weighted by molar-refractivity contribution is 5.93. The number of hydrogen-bond acceptors (Lipinski definition) is 4. The summed E-state index contributed by atoms with van der Waals surface area (Å²) in [6, 6.07) is 1.72. The molecule has 25 heavy (non-hydrogen) atoms. The third kappa shape index (κ3) is 3.72. The van der Waals surface area contributed by atoms with Gasteiger partial charge in [0.2, 0.25) is 5.91 Å². The number of rotatable bonds is 4. The van der Waals surface area contributed by atoms with Gasteiger partial charge in [-0.05, 0) is 13.0 Å². The van der Waals surface area contributed by atoms with Crippen molar-refractivity contribution in [3.8, 4) is 0 Å². The van der Waals surface area contributed by atoms with Crippen molar-refractivity contribution in [1.29, 1.82) is 0 Å². The summed E-state index contributed by atoms with van der Waals surface area (Å²) in [5.74, 6) is 1.14. The maximum absolute atomic E-state index is 12.7. The summed E-state index contributed by atoms with van der Waals surface area (Å²) in [7, 11) is 0. The van der Waals surface area contributed by atoms with Crippen molar-refractivity contribution in [2.24, 2.45) is 0 Å². The van der Waals surface area contributed by atoms with Crippen LogP contribution in [0.3, 0.4) is 0 Å². The van der Waals surface area contributed by atoms with Gasteiger partial charge in [0.25, 0.3) is 5.91 Å². The van der Waals surface area contributed by atoms with Gasteiger partial charge in [-0.2, -0.15) is 5.10 Å². The molecule has 1 unspecified atom stereocenters. The van der Waals surface area contributed by atoms with Gasteiger partial charge in [-0.1, -0.05) is 13.8 Å². The molecule has 0 spiro atoms. The third-order valence-corrected chi connectivity index (χ3v) is 4.42. The van der Waals surface area contributed by atoms with Crippen molar-refractivity contribution in [1.82, 2.24) is 30.0 Å². The molecule has 2 aromatic heterocycles. The largest absolute Gasteiger partial charge is 0.354 e. The topological polar surface area (TPSA) is 95.9 Å². The van der Waals surface area contributed by atoms with Gasteiger partial charge in [0, 0.05) is 43.9 Å². The lowest BCUT2D eigenvalue weighted by molar-refractivity contribution is -0.120. The number of nitrogens with zero attached hydrogens (tertiary/aromatic N) is 4. The lowest BCUT2D eigenvalue weighted by Gasteiger charge is -2.25. The van der Waals surface area contributed by atoms with Gasteiger partial charge in [-0.15, -0.1) is 0 Å². The zero-order valence-electron chi connectivity index (χ0n) is 14.8. The first kappa shape index (κ1) is 17.2. The first-order chi connectivity index (χ1) is 12.0. The molecule has 1 aliphatic rings. The molecule has 1 saturated heterocycles. The molecule has 134 valence electrons. The van der Waals surface area contributed by atoms with Crippen molar-refractivity contribution >= 4 is 11.8 Å². The summed E-state index contributed by atoms with van der Waals surface area (Å²) in [5.41, 5.74) is 1.22. The number of imidazole rings is 1. The highest BCUT2D eigenvalue weighted by Gasteiger charge is 2.27. The van der Waals surface area contributed by atoms with E-state index in [1.54, 1.807) is 17.2 Å². The summed E-state index contributed by atoms with van der Waals surface area (Å²) in [4.78, 5) is 30.3. The number of carbonyl (C=O) groups is 2. The van der Waals surface area contributed by atoms with Crippen LogP contribution in [-0.2, 0) is 11.3 Å². The lowest BCUT2D eigenvalue weighted by atomic mass is 10.2. The molecule has 0 bridgehead atoms. The van der Waals surface area contributed by atoms with Crippen LogP contribution in [0.4, 0.5) is 0 Å². The Labute approximate surface area is 146 Å². The highest BCUT2D eigenvalue weighted by atomic mass is 16.2. The van der Waals surface area contributed by atoms with Gasteiger partial charge in [-0.3, -0.25) is 14.7 Å². The molecule has 2 N–H and O–H groups in total. The third-order valence-electron chi connectivity index (χ3n) is 4.42. The van der Waals surface area contributed by atoms with Crippen molar-refractivity contribution in [2.75, 3.05) is 13.1 Å². The molecule has 2 aromatic rings. The number of aromatic nitrogens is 4. The molecule has 1 aliphatic heterocycles. The average Bonchev–Trinajstić information content (AvgIpc) is 3.19. The van der Waals surface area contributed by atoms with Gasteiger partial charge >= 0.3 is 0 Å². The second-order valence-corrected chi connectivity index (χ2v) is 6.75. The van der Waals surface area contributed by atoms with Crippen LogP contribution in [0.5, 0.6) is 0 Å². The highest BCUT2D eigenvalue weighted by Crippen LogP contribution is 2.15. The molecule has 1 atom stereocenters. The Balaban J connectivity index is 1.73. The Bertz CT molecular complexity index is 763. The number of H-pyrrole nitrogens is 1. The van der Waals surface area contributed by atoms with Crippen molar-refractivity contribution in [2.45, 2.75) is 45.7 Å². The van der Waals surface area contributed by atoms with E-state index in [0.717, 1.165) is 11.5 Å². The molecule has 0 aromatic carbocycles. The van der Waals surface area contributed by atoms with Gasteiger partial charge in [0.05, 0.1) is 12.2 Å². The van der Waals surface area contributed by atoms with Crippen LogP contribution >= 0.6 is 0 Å². The molecule has 8 heteroatoms. The zero-order chi connectivity index (χ0) is 18.0. The van der Waals surface area contributed by atoms with Crippen molar-refractivity contribution in [3.63, 3.8) is 0 Å². The predicted octanol–water partition coefficient (Wildman–Crippen LogP) is 1.13. The second kappa shape index (κ2) is 7.08. The lowest BCUT2D eigenvalue weighted by Crippen LogP contribution is -2.42. The number of aromatic amines is 1. The molecule has 2 amide bonds. The molecular formula is C17H24N6O2. The van der Waals surface area contributed by atoms with E-state index >= 15 is 0 Å². The fourth-order valence-corrected chi connectivity index (χ4v) is 3.04. The monoisotopic (exact) mass is 344 g/mol. The molecular weight excluding hydrogens is 320 g/mol. The predicted molar refractivity (Wildman–Crippen MR) is 92.1 cm³/mol. The standard InChI is InChI=1S/C17H24N6O2/c1-11(2)16-18-5-7-22(16)10-13-8-14(21-20-13)17(25)23-6-4-15(24)19-9-12(23)3/h5,7-8,11-12H,4,6,9-10H2,1-3H3,(H,19,24)(H,20,21). The van der Waals surface area contributed by atoms with Crippen molar-refractivity contribution in [3.05, 3.63) is 35.7 Å². The maximum Gasteiger partial charge on any atom is 0.274 e. The van der Waals surface area contributed by atoms with Crippen LogP contribution < -0.4 is 5.32 Å². The van der Waals surface area contributed by atoms with E-state index < -0.39 is 0 Å². The number of nitrogens with one attached hydrogen (secondary N) is 2. The molecule has 0 radical (unpaired) electrons. The molecule has 8 nitrogen and oxygen atoms in total. The number of carbonyl (C=O) groups excluding carboxylic acids is 2.